The zero-order valence-electron chi connectivity index (χ0n) is 12.2. The topological polar surface area (TPSA) is 51.4 Å². The van der Waals surface area contributed by atoms with Crippen molar-refractivity contribution in [2.24, 2.45) is 11.1 Å². The molecule has 0 aliphatic carbocycles. The first-order chi connectivity index (χ1) is 9.01. The predicted molar refractivity (Wildman–Crippen MR) is 77.1 cm³/mol. The molecular weight excluding hydrogens is 238 g/mol. The second-order valence-corrected chi connectivity index (χ2v) is 5.99. The van der Waals surface area contributed by atoms with E-state index in [4.69, 9.17) is 10.5 Å². The first-order valence-corrected chi connectivity index (χ1v) is 7.08. The molecule has 1 unspecified atom stereocenters. The number of nitrogens with zero attached hydrogens (tertiary/aromatic N) is 2. The van der Waals surface area contributed by atoms with Crippen molar-refractivity contribution < 1.29 is 4.74 Å². The minimum Gasteiger partial charge on any atom is -0.478 e. The maximum atomic E-state index is 6.17. The fourth-order valence-corrected chi connectivity index (χ4v) is 2.62. The van der Waals surface area contributed by atoms with Gasteiger partial charge in [-0.15, -0.1) is 0 Å². The summed E-state index contributed by atoms with van der Waals surface area (Å²) < 4.78 is 5.44. The summed E-state index contributed by atoms with van der Waals surface area (Å²) in [5, 5.41) is 0. The summed E-state index contributed by atoms with van der Waals surface area (Å²) in [6.45, 7) is 10.1. The van der Waals surface area contributed by atoms with E-state index in [-0.39, 0.29) is 5.41 Å². The Labute approximate surface area is 116 Å². The van der Waals surface area contributed by atoms with Crippen LogP contribution in [0.3, 0.4) is 0 Å². The molecule has 2 rings (SSSR count). The molecule has 1 aromatic rings. The molecule has 4 nitrogen and oxygen atoms in total. The first kappa shape index (κ1) is 14.3. The van der Waals surface area contributed by atoms with Crippen LogP contribution in [-0.2, 0) is 6.54 Å². The van der Waals surface area contributed by atoms with Crippen LogP contribution >= 0.6 is 0 Å². The largest absolute Gasteiger partial charge is 0.478 e. The van der Waals surface area contributed by atoms with Crippen molar-refractivity contribution in [2.75, 3.05) is 19.7 Å². The molecule has 1 aliphatic heterocycles. The number of piperidine rings is 1. The number of nitrogens with two attached hydrogens (primary N) is 1. The van der Waals surface area contributed by atoms with Crippen LogP contribution in [0.15, 0.2) is 18.2 Å². The molecule has 4 heteroatoms. The number of aromatic nitrogens is 1. The molecule has 1 aliphatic rings. The zero-order valence-corrected chi connectivity index (χ0v) is 12.2. The Morgan fingerprint density at radius 1 is 1.47 bits per heavy atom. The fourth-order valence-electron chi connectivity index (χ4n) is 2.62. The van der Waals surface area contributed by atoms with Gasteiger partial charge in [0.15, 0.2) is 0 Å². The average Bonchev–Trinajstić information content (AvgIpc) is 2.34. The van der Waals surface area contributed by atoms with E-state index in [0.717, 1.165) is 31.7 Å². The molecule has 1 aromatic heterocycles. The number of likely N-dealkylation sites (tertiary alicyclic amines) is 1. The van der Waals surface area contributed by atoms with Crippen LogP contribution in [0.2, 0.25) is 0 Å². The van der Waals surface area contributed by atoms with E-state index in [0.29, 0.717) is 18.5 Å². The SMILES string of the molecule is CCOc1cccc(CN2CCC(N)C(C)(C)C2)n1. The van der Waals surface area contributed by atoms with E-state index >= 15 is 0 Å². The first-order valence-electron chi connectivity index (χ1n) is 7.08. The van der Waals surface area contributed by atoms with Gasteiger partial charge >= 0.3 is 0 Å². The van der Waals surface area contributed by atoms with Crippen LogP contribution in [0.25, 0.3) is 0 Å². The Hall–Kier alpha value is -1.13. The van der Waals surface area contributed by atoms with Crippen LogP contribution in [-0.4, -0.2) is 35.6 Å². The number of hydrogen-bond acceptors (Lipinski definition) is 4. The molecule has 0 saturated carbocycles. The van der Waals surface area contributed by atoms with Gasteiger partial charge in [-0.2, -0.15) is 0 Å². The molecule has 19 heavy (non-hydrogen) atoms. The van der Waals surface area contributed by atoms with Crippen molar-refractivity contribution in [3.63, 3.8) is 0 Å². The summed E-state index contributed by atoms with van der Waals surface area (Å²) in [6.07, 6.45) is 1.05. The van der Waals surface area contributed by atoms with E-state index < -0.39 is 0 Å². The maximum Gasteiger partial charge on any atom is 0.213 e. The lowest BCUT2D eigenvalue weighted by Gasteiger charge is -2.42. The van der Waals surface area contributed by atoms with E-state index in [2.05, 4.69) is 29.8 Å². The lowest BCUT2D eigenvalue weighted by atomic mass is 9.79. The van der Waals surface area contributed by atoms with Gasteiger partial charge in [-0.05, 0) is 24.8 Å². The smallest absolute Gasteiger partial charge is 0.213 e. The predicted octanol–water partition coefficient (Wildman–Crippen LogP) is 2.04. The van der Waals surface area contributed by atoms with E-state index in [1.165, 1.54) is 0 Å². The van der Waals surface area contributed by atoms with Crippen molar-refractivity contribution >= 4 is 0 Å². The summed E-state index contributed by atoms with van der Waals surface area (Å²) in [4.78, 5) is 6.96. The molecule has 2 N–H and O–H groups in total. The van der Waals surface area contributed by atoms with Gasteiger partial charge in [0.25, 0.3) is 0 Å². The third-order valence-electron chi connectivity index (χ3n) is 3.85. The summed E-state index contributed by atoms with van der Waals surface area (Å²) in [5.74, 6) is 0.716. The number of ether oxygens (including phenoxy) is 1. The molecular formula is C15H25N3O. The van der Waals surface area contributed by atoms with Gasteiger partial charge in [0.2, 0.25) is 5.88 Å². The molecule has 1 fully saturated rings. The Bertz CT molecular complexity index is 420. The highest BCUT2D eigenvalue weighted by atomic mass is 16.5. The van der Waals surface area contributed by atoms with Gasteiger partial charge in [0.05, 0.1) is 12.3 Å². The number of rotatable bonds is 4. The molecule has 1 atom stereocenters. The van der Waals surface area contributed by atoms with Crippen molar-refractivity contribution in [2.45, 2.75) is 39.8 Å². The van der Waals surface area contributed by atoms with Crippen molar-refractivity contribution in [1.29, 1.82) is 0 Å². The number of pyridine rings is 1. The average molecular weight is 263 g/mol. The van der Waals surface area contributed by atoms with Gasteiger partial charge in [0, 0.05) is 31.7 Å². The lowest BCUT2D eigenvalue weighted by molar-refractivity contribution is 0.0887. The highest BCUT2D eigenvalue weighted by Crippen LogP contribution is 2.28. The Kier molecular flexibility index (Phi) is 4.42. The maximum absolute atomic E-state index is 6.17. The Morgan fingerprint density at radius 2 is 2.26 bits per heavy atom. The molecule has 0 bridgehead atoms. The van der Waals surface area contributed by atoms with Crippen LogP contribution in [0, 0.1) is 5.41 Å². The van der Waals surface area contributed by atoms with Gasteiger partial charge < -0.3 is 10.5 Å². The molecule has 0 amide bonds. The highest BCUT2D eigenvalue weighted by Gasteiger charge is 2.33. The van der Waals surface area contributed by atoms with Crippen molar-refractivity contribution in [3.05, 3.63) is 23.9 Å². The third-order valence-corrected chi connectivity index (χ3v) is 3.85. The minimum absolute atomic E-state index is 0.176. The summed E-state index contributed by atoms with van der Waals surface area (Å²) >= 11 is 0. The van der Waals surface area contributed by atoms with Gasteiger partial charge in [-0.3, -0.25) is 4.90 Å². The van der Waals surface area contributed by atoms with Gasteiger partial charge in [-0.25, -0.2) is 4.98 Å². The van der Waals surface area contributed by atoms with E-state index in [9.17, 15) is 0 Å². The molecule has 2 heterocycles. The Morgan fingerprint density at radius 3 is 2.95 bits per heavy atom. The molecule has 0 aromatic carbocycles. The lowest BCUT2D eigenvalue weighted by Crippen LogP contribution is -2.52. The third kappa shape index (κ3) is 3.67. The van der Waals surface area contributed by atoms with Crippen molar-refractivity contribution in [3.8, 4) is 5.88 Å². The highest BCUT2D eigenvalue weighted by molar-refractivity contribution is 5.16. The van der Waals surface area contributed by atoms with Crippen molar-refractivity contribution in [1.82, 2.24) is 9.88 Å². The second kappa shape index (κ2) is 5.88. The Balaban J connectivity index is 1.99. The molecule has 0 radical (unpaired) electrons. The summed E-state index contributed by atoms with van der Waals surface area (Å²) in [7, 11) is 0. The van der Waals surface area contributed by atoms with Crippen LogP contribution in [0.4, 0.5) is 0 Å². The molecule has 1 saturated heterocycles. The van der Waals surface area contributed by atoms with Gasteiger partial charge in [-0.1, -0.05) is 19.9 Å². The van der Waals surface area contributed by atoms with Crippen LogP contribution in [0.1, 0.15) is 32.9 Å². The second-order valence-electron chi connectivity index (χ2n) is 5.99. The minimum atomic E-state index is 0.176. The van der Waals surface area contributed by atoms with Crippen LogP contribution < -0.4 is 10.5 Å². The standard InChI is InChI=1S/C15H25N3O/c1-4-19-14-7-5-6-12(17-14)10-18-9-8-13(16)15(2,3)11-18/h5-7,13H,4,8-11,16H2,1-3H3. The quantitative estimate of drug-likeness (QED) is 0.903. The van der Waals surface area contributed by atoms with Gasteiger partial charge in [0.1, 0.15) is 0 Å². The summed E-state index contributed by atoms with van der Waals surface area (Å²) in [5.41, 5.74) is 7.41. The normalized spacial score (nSPS) is 23.3. The van der Waals surface area contributed by atoms with E-state index in [1.54, 1.807) is 0 Å². The van der Waals surface area contributed by atoms with E-state index in [1.807, 2.05) is 19.1 Å². The monoisotopic (exact) mass is 263 g/mol. The zero-order chi connectivity index (χ0) is 13.9. The number of hydrogen-bond donors (Lipinski definition) is 1. The molecule has 106 valence electrons. The fraction of sp³-hybridized carbons (Fsp3) is 0.667. The summed E-state index contributed by atoms with van der Waals surface area (Å²) in [6, 6.07) is 6.27. The van der Waals surface area contributed by atoms with Crippen LogP contribution in [0.5, 0.6) is 5.88 Å². The molecule has 0 spiro atoms.